The van der Waals surface area contributed by atoms with E-state index in [9.17, 15) is 14.4 Å². The minimum absolute atomic E-state index is 0.189. The molecule has 2 aromatic rings. The van der Waals surface area contributed by atoms with E-state index in [-0.39, 0.29) is 17.5 Å². The van der Waals surface area contributed by atoms with E-state index in [1.807, 2.05) is 0 Å². The number of hydrogen-bond acceptors (Lipinski definition) is 5. The van der Waals surface area contributed by atoms with Gasteiger partial charge in [0.2, 0.25) is 5.56 Å². The standard InChI is InChI=1S/C11H9N3O4S/c15-8-2-1-6(4-12-8)10(18)14-11-13-7(5-19-11)3-9(16)17/h1-2,4-5H,3H2,(H,12,15)(H,16,17)(H,13,14,18). The van der Waals surface area contributed by atoms with Crippen LogP contribution in [0.4, 0.5) is 5.13 Å². The number of anilines is 1. The number of nitrogens with zero attached hydrogens (tertiary/aromatic N) is 1. The zero-order chi connectivity index (χ0) is 13.8. The van der Waals surface area contributed by atoms with Gasteiger partial charge in [-0.1, -0.05) is 0 Å². The number of carbonyl (C=O) groups excluding carboxylic acids is 1. The molecule has 0 aliphatic carbocycles. The lowest BCUT2D eigenvalue weighted by Crippen LogP contribution is -2.14. The highest BCUT2D eigenvalue weighted by molar-refractivity contribution is 7.14. The quantitative estimate of drug-likeness (QED) is 0.763. The summed E-state index contributed by atoms with van der Waals surface area (Å²) in [5.74, 6) is -1.41. The predicted octanol–water partition coefficient (Wildman–Crippen LogP) is 0.711. The normalized spacial score (nSPS) is 10.1. The lowest BCUT2D eigenvalue weighted by molar-refractivity contribution is -0.136. The van der Waals surface area contributed by atoms with Gasteiger partial charge in [0.05, 0.1) is 17.7 Å². The van der Waals surface area contributed by atoms with Crippen molar-refractivity contribution in [2.75, 3.05) is 5.32 Å². The highest BCUT2D eigenvalue weighted by Gasteiger charge is 2.10. The number of carboxylic acid groups (broad SMARTS) is 1. The Balaban J connectivity index is 2.06. The van der Waals surface area contributed by atoms with E-state index in [4.69, 9.17) is 5.11 Å². The third kappa shape index (κ3) is 3.49. The van der Waals surface area contributed by atoms with E-state index >= 15 is 0 Å². The first kappa shape index (κ1) is 13.0. The lowest BCUT2D eigenvalue weighted by atomic mass is 10.3. The minimum atomic E-state index is -0.983. The molecule has 2 heterocycles. The first-order valence-electron chi connectivity index (χ1n) is 5.21. The molecule has 0 aromatic carbocycles. The summed E-state index contributed by atoms with van der Waals surface area (Å²) in [7, 11) is 0. The van der Waals surface area contributed by atoms with Crippen molar-refractivity contribution < 1.29 is 14.7 Å². The van der Waals surface area contributed by atoms with Gasteiger partial charge in [-0.2, -0.15) is 0 Å². The van der Waals surface area contributed by atoms with Crippen molar-refractivity contribution in [3.05, 3.63) is 45.3 Å². The molecule has 1 amide bonds. The summed E-state index contributed by atoms with van der Waals surface area (Å²) in [6, 6.07) is 2.63. The SMILES string of the molecule is O=C(O)Cc1csc(NC(=O)c2ccc(=O)[nH]c2)n1. The molecule has 8 heteroatoms. The molecule has 3 N–H and O–H groups in total. The van der Waals surface area contributed by atoms with Crippen LogP contribution >= 0.6 is 11.3 Å². The Morgan fingerprint density at radius 2 is 2.21 bits per heavy atom. The number of hydrogen-bond donors (Lipinski definition) is 3. The van der Waals surface area contributed by atoms with E-state index in [1.165, 1.54) is 18.3 Å². The van der Waals surface area contributed by atoms with Gasteiger partial charge in [-0.3, -0.25) is 19.7 Å². The Labute approximate surface area is 110 Å². The third-order valence-corrected chi connectivity index (χ3v) is 2.96. The van der Waals surface area contributed by atoms with Crippen LogP contribution in [0.3, 0.4) is 0 Å². The van der Waals surface area contributed by atoms with Gasteiger partial charge in [-0.05, 0) is 6.07 Å². The largest absolute Gasteiger partial charge is 0.481 e. The summed E-state index contributed by atoms with van der Waals surface area (Å²) in [5, 5.41) is 13.0. The van der Waals surface area contributed by atoms with Gasteiger partial charge < -0.3 is 10.1 Å². The summed E-state index contributed by atoms with van der Waals surface area (Å²) in [6.07, 6.45) is 1.11. The predicted molar refractivity (Wildman–Crippen MR) is 68.5 cm³/mol. The topological polar surface area (TPSA) is 112 Å². The number of aromatic amines is 1. The van der Waals surface area contributed by atoms with Gasteiger partial charge in [-0.15, -0.1) is 11.3 Å². The summed E-state index contributed by atoms with van der Waals surface area (Å²) >= 11 is 1.14. The Hall–Kier alpha value is -2.48. The van der Waals surface area contributed by atoms with Crippen LogP contribution in [-0.2, 0) is 11.2 Å². The van der Waals surface area contributed by atoms with Crippen LogP contribution in [0.25, 0.3) is 0 Å². The molecule has 2 aromatic heterocycles. The molecule has 0 radical (unpaired) electrons. The van der Waals surface area contributed by atoms with E-state index in [1.54, 1.807) is 5.38 Å². The first-order valence-corrected chi connectivity index (χ1v) is 6.09. The first-order chi connectivity index (χ1) is 9.04. The Morgan fingerprint density at radius 3 is 2.84 bits per heavy atom. The van der Waals surface area contributed by atoms with E-state index < -0.39 is 11.9 Å². The minimum Gasteiger partial charge on any atom is -0.481 e. The van der Waals surface area contributed by atoms with Crippen molar-refractivity contribution in [3.8, 4) is 0 Å². The van der Waals surface area contributed by atoms with Gasteiger partial charge in [0.1, 0.15) is 0 Å². The Morgan fingerprint density at radius 1 is 1.42 bits per heavy atom. The van der Waals surface area contributed by atoms with Crippen molar-refractivity contribution in [1.82, 2.24) is 9.97 Å². The number of aromatic nitrogens is 2. The van der Waals surface area contributed by atoms with Crippen LogP contribution in [0.2, 0.25) is 0 Å². The van der Waals surface area contributed by atoms with Gasteiger partial charge >= 0.3 is 5.97 Å². The van der Waals surface area contributed by atoms with Crippen molar-refractivity contribution in [2.24, 2.45) is 0 Å². The monoisotopic (exact) mass is 279 g/mol. The highest BCUT2D eigenvalue weighted by atomic mass is 32.1. The van der Waals surface area contributed by atoms with Gasteiger partial charge in [-0.25, -0.2) is 4.98 Å². The molecular formula is C11H9N3O4S. The molecule has 0 spiro atoms. The molecule has 0 fully saturated rings. The highest BCUT2D eigenvalue weighted by Crippen LogP contribution is 2.16. The second-order valence-electron chi connectivity index (χ2n) is 3.61. The average molecular weight is 279 g/mol. The number of amides is 1. The molecule has 19 heavy (non-hydrogen) atoms. The molecule has 0 aliphatic heterocycles. The number of carboxylic acids is 1. The van der Waals surface area contributed by atoms with Crippen molar-refractivity contribution in [2.45, 2.75) is 6.42 Å². The zero-order valence-electron chi connectivity index (χ0n) is 9.54. The maximum Gasteiger partial charge on any atom is 0.309 e. The molecule has 0 atom stereocenters. The molecule has 0 unspecified atom stereocenters. The summed E-state index contributed by atoms with van der Waals surface area (Å²) in [4.78, 5) is 39.5. The molecule has 98 valence electrons. The zero-order valence-corrected chi connectivity index (χ0v) is 10.4. The number of thiazole rings is 1. The van der Waals surface area contributed by atoms with Gasteiger partial charge in [0.15, 0.2) is 5.13 Å². The lowest BCUT2D eigenvalue weighted by Gasteiger charge is -2.00. The van der Waals surface area contributed by atoms with Crippen molar-refractivity contribution in [3.63, 3.8) is 0 Å². The van der Waals surface area contributed by atoms with Crippen molar-refractivity contribution in [1.29, 1.82) is 0 Å². The summed E-state index contributed by atoms with van der Waals surface area (Å²) < 4.78 is 0. The maximum atomic E-state index is 11.8. The summed E-state index contributed by atoms with van der Waals surface area (Å²) in [5.41, 5.74) is 0.374. The van der Waals surface area contributed by atoms with Crippen molar-refractivity contribution >= 4 is 28.3 Å². The van der Waals surface area contributed by atoms with Crippen LogP contribution in [0.5, 0.6) is 0 Å². The van der Waals surface area contributed by atoms with Crippen LogP contribution in [0, 0.1) is 0 Å². The fourth-order valence-electron chi connectivity index (χ4n) is 1.32. The van der Waals surface area contributed by atoms with Crippen LogP contribution in [0.15, 0.2) is 28.5 Å². The number of aliphatic carboxylic acids is 1. The third-order valence-electron chi connectivity index (χ3n) is 2.15. The number of pyridine rings is 1. The average Bonchev–Trinajstić information content (AvgIpc) is 2.76. The Kier molecular flexibility index (Phi) is 3.71. The van der Waals surface area contributed by atoms with E-state index in [2.05, 4.69) is 15.3 Å². The van der Waals surface area contributed by atoms with Gasteiger partial charge in [0, 0.05) is 17.6 Å². The second-order valence-corrected chi connectivity index (χ2v) is 4.47. The smallest absolute Gasteiger partial charge is 0.309 e. The van der Waals surface area contributed by atoms with Crippen LogP contribution < -0.4 is 10.9 Å². The van der Waals surface area contributed by atoms with Gasteiger partial charge in [0.25, 0.3) is 5.91 Å². The summed E-state index contributed by atoms with van der Waals surface area (Å²) in [6.45, 7) is 0. The fourth-order valence-corrected chi connectivity index (χ4v) is 2.03. The van der Waals surface area contributed by atoms with E-state index in [0.717, 1.165) is 11.3 Å². The molecule has 0 saturated carbocycles. The molecule has 2 rings (SSSR count). The second kappa shape index (κ2) is 5.44. The number of H-pyrrole nitrogens is 1. The number of carbonyl (C=O) groups is 2. The number of nitrogens with one attached hydrogen (secondary N) is 2. The van der Waals surface area contributed by atoms with Crippen LogP contribution in [0.1, 0.15) is 16.1 Å². The fraction of sp³-hybridized carbons (Fsp3) is 0.0909. The molecule has 7 nitrogen and oxygen atoms in total. The van der Waals surface area contributed by atoms with E-state index in [0.29, 0.717) is 10.8 Å². The Bertz CT molecular complexity index is 656. The molecular weight excluding hydrogens is 270 g/mol. The molecule has 0 aliphatic rings. The van der Waals surface area contributed by atoms with Crippen LogP contribution in [-0.4, -0.2) is 27.0 Å². The molecule has 0 bridgehead atoms. The number of rotatable bonds is 4. The maximum absolute atomic E-state index is 11.8. The molecule has 0 saturated heterocycles.